The number of rotatable bonds is 4. The van der Waals surface area contributed by atoms with Crippen LogP contribution in [0, 0.1) is 17.8 Å². The molecular formula is C16H18O. The lowest BCUT2D eigenvalue weighted by Crippen LogP contribution is -2.13. The molecule has 1 heteroatoms. The summed E-state index contributed by atoms with van der Waals surface area (Å²) in [5, 5.41) is 0. The Bertz CT molecular complexity index is 422. The molecule has 88 valence electrons. The van der Waals surface area contributed by atoms with Gasteiger partial charge in [-0.3, -0.25) is 0 Å². The summed E-state index contributed by atoms with van der Waals surface area (Å²) in [6.07, 6.45) is 6.28. The Labute approximate surface area is 103 Å². The quantitative estimate of drug-likeness (QED) is 0.713. The average Bonchev–Trinajstić information content (AvgIpc) is 2.62. The lowest BCUT2D eigenvalue weighted by Gasteiger charge is -2.16. The number of allylic oxidation sites excluding steroid dienone is 1. The zero-order chi connectivity index (χ0) is 11.9. The van der Waals surface area contributed by atoms with Crippen LogP contribution in [0.3, 0.4) is 0 Å². The first-order chi connectivity index (χ1) is 8.38. The molecule has 0 bridgehead atoms. The van der Waals surface area contributed by atoms with Crippen LogP contribution >= 0.6 is 0 Å². The topological polar surface area (TPSA) is 9.23 Å². The third kappa shape index (κ3) is 3.76. The summed E-state index contributed by atoms with van der Waals surface area (Å²) in [4.78, 5) is 0. The van der Waals surface area contributed by atoms with Crippen LogP contribution in [0.15, 0.2) is 42.5 Å². The van der Waals surface area contributed by atoms with Crippen molar-refractivity contribution in [2.45, 2.75) is 32.5 Å². The number of ether oxygens (including phenoxy) is 1. The molecule has 0 heterocycles. The van der Waals surface area contributed by atoms with Gasteiger partial charge in [-0.15, -0.1) is 0 Å². The van der Waals surface area contributed by atoms with Crippen molar-refractivity contribution in [2.24, 2.45) is 5.92 Å². The Morgan fingerprint density at radius 2 is 2.12 bits per heavy atom. The molecule has 1 aliphatic carbocycles. The number of benzene rings is 1. The molecule has 1 aliphatic rings. The first kappa shape index (κ1) is 12.0. The van der Waals surface area contributed by atoms with E-state index in [9.17, 15) is 0 Å². The fraction of sp³-hybridized carbons (Fsp3) is 0.375. The van der Waals surface area contributed by atoms with Crippen LogP contribution in [-0.4, -0.2) is 6.10 Å². The van der Waals surface area contributed by atoms with Gasteiger partial charge < -0.3 is 4.74 Å². The Kier molecular flexibility index (Phi) is 4.41. The molecule has 17 heavy (non-hydrogen) atoms. The molecule has 1 aromatic carbocycles. The SMILES string of the molecule is CCC1C#CC=CC(OCc2ccccc2)C1. The molecule has 2 unspecified atom stereocenters. The summed E-state index contributed by atoms with van der Waals surface area (Å²) in [6, 6.07) is 10.3. The number of hydrogen-bond acceptors (Lipinski definition) is 1. The van der Waals surface area contributed by atoms with Gasteiger partial charge in [0.15, 0.2) is 0 Å². The van der Waals surface area contributed by atoms with E-state index >= 15 is 0 Å². The minimum absolute atomic E-state index is 0.183. The van der Waals surface area contributed by atoms with Gasteiger partial charge in [0.2, 0.25) is 0 Å². The summed E-state index contributed by atoms with van der Waals surface area (Å²) in [5.74, 6) is 6.77. The van der Waals surface area contributed by atoms with Crippen molar-refractivity contribution in [1.29, 1.82) is 0 Å². The van der Waals surface area contributed by atoms with Gasteiger partial charge in [-0.2, -0.15) is 0 Å². The van der Waals surface area contributed by atoms with E-state index in [2.05, 4.69) is 37.0 Å². The standard InChI is InChI=1S/C16H18O/c1-2-14-8-6-7-11-16(12-14)17-13-15-9-4-3-5-10-15/h3-5,7,9-11,14,16H,2,12-13H2,1H3. The van der Waals surface area contributed by atoms with E-state index in [1.165, 1.54) is 5.56 Å². The largest absolute Gasteiger partial charge is 0.369 e. The van der Waals surface area contributed by atoms with Gasteiger partial charge in [-0.1, -0.05) is 49.1 Å². The molecule has 0 saturated carbocycles. The maximum absolute atomic E-state index is 5.91. The minimum atomic E-state index is 0.183. The second kappa shape index (κ2) is 6.27. The van der Waals surface area contributed by atoms with E-state index in [-0.39, 0.29) is 6.10 Å². The highest BCUT2D eigenvalue weighted by Crippen LogP contribution is 2.17. The molecule has 1 nitrogen and oxygen atoms in total. The van der Waals surface area contributed by atoms with Gasteiger partial charge in [0.05, 0.1) is 12.7 Å². The van der Waals surface area contributed by atoms with E-state index in [4.69, 9.17) is 4.74 Å². The van der Waals surface area contributed by atoms with Crippen molar-refractivity contribution in [3.05, 3.63) is 48.0 Å². The van der Waals surface area contributed by atoms with Crippen LogP contribution < -0.4 is 0 Å². The van der Waals surface area contributed by atoms with E-state index in [1.807, 2.05) is 24.3 Å². The molecule has 0 radical (unpaired) electrons. The van der Waals surface area contributed by atoms with Crippen molar-refractivity contribution in [3.8, 4) is 11.8 Å². The van der Waals surface area contributed by atoms with Gasteiger partial charge in [0.25, 0.3) is 0 Å². The summed E-state index contributed by atoms with van der Waals surface area (Å²) in [6.45, 7) is 2.85. The number of hydrogen-bond donors (Lipinski definition) is 0. The summed E-state index contributed by atoms with van der Waals surface area (Å²) in [7, 11) is 0. The third-order valence-corrected chi connectivity index (χ3v) is 3.00. The van der Waals surface area contributed by atoms with E-state index in [0.29, 0.717) is 12.5 Å². The van der Waals surface area contributed by atoms with E-state index < -0.39 is 0 Å². The summed E-state index contributed by atoms with van der Waals surface area (Å²) >= 11 is 0. The second-order valence-corrected chi connectivity index (χ2v) is 4.32. The molecule has 0 spiro atoms. The zero-order valence-corrected chi connectivity index (χ0v) is 10.2. The molecule has 0 aromatic heterocycles. The zero-order valence-electron chi connectivity index (χ0n) is 10.2. The molecule has 2 atom stereocenters. The molecule has 0 saturated heterocycles. The third-order valence-electron chi connectivity index (χ3n) is 3.00. The van der Waals surface area contributed by atoms with Crippen LogP contribution in [0.4, 0.5) is 0 Å². The molecular weight excluding hydrogens is 208 g/mol. The fourth-order valence-corrected chi connectivity index (χ4v) is 1.91. The minimum Gasteiger partial charge on any atom is -0.369 e. The van der Waals surface area contributed by atoms with Gasteiger partial charge >= 0.3 is 0 Å². The Hall–Kier alpha value is -1.52. The Morgan fingerprint density at radius 1 is 1.29 bits per heavy atom. The molecule has 0 fully saturated rings. The van der Waals surface area contributed by atoms with E-state index in [0.717, 1.165) is 12.8 Å². The molecule has 0 amide bonds. The van der Waals surface area contributed by atoms with Crippen molar-refractivity contribution < 1.29 is 4.74 Å². The van der Waals surface area contributed by atoms with Crippen LogP contribution in [0.25, 0.3) is 0 Å². The lowest BCUT2D eigenvalue weighted by molar-refractivity contribution is 0.0601. The van der Waals surface area contributed by atoms with Crippen molar-refractivity contribution >= 4 is 0 Å². The molecule has 2 rings (SSSR count). The highest BCUT2D eigenvalue weighted by molar-refractivity contribution is 5.21. The monoisotopic (exact) mass is 226 g/mol. The van der Waals surface area contributed by atoms with Crippen LogP contribution in [0.1, 0.15) is 25.3 Å². The highest BCUT2D eigenvalue weighted by Gasteiger charge is 2.13. The first-order valence-electron chi connectivity index (χ1n) is 6.21. The smallest absolute Gasteiger partial charge is 0.0781 e. The highest BCUT2D eigenvalue weighted by atomic mass is 16.5. The van der Waals surface area contributed by atoms with Gasteiger partial charge in [0, 0.05) is 5.92 Å². The van der Waals surface area contributed by atoms with Crippen LogP contribution in [-0.2, 0) is 11.3 Å². The molecule has 1 aromatic rings. The fourth-order valence-electron chi connectivity index (χ4n) is 1.91. The van der Waals surface area contributed by atoms with Crippen LogP contribution in [0.5, 0.6) is 0 Å². The summed E-state index contributed by atoms with van der Waals surface area (Å²) < 4.78 is 5.91. The second-order valence-electron chi connectivity index (χ2n) is 4.32. The Balaban J connectivity index is 1.88. The predicted molar refractivity (Wildman–Crippen MR) is 70.3 cm³/mol. The van der Waals surface area contributed by atoms with Gasteiger partial charge in [0.1, 0.15) is 0 Å². The van der Waals surface area contributed by atoms with Gasteiger partial charge in [-0.05, 0) is 30.6 Å². The normalized spacial score (nSPS) is 22.6. The summed E-state index contributed by atoms with van der Waals surface area (Å²) in [5.41, 5.74) is 1.22. The lowest BCUT2D eigenvalue weighted by atomic mass is 10.0. The Morgan fingerprint density at radius 3 is 2.88 bits per heavy atom. The molecule has 0 aliphatic heterocycles. The maximum atomic E-state index is 5.91. The first-order valence-corrected chi connectivity index (χ1v) is 6.21. The van der Waals surface area contributed by atoms with Crippen LogP contribution in [0.2, 0.25) is 0 Å². The van der Waals surface area contributed by atoms with Crippen molar-refractivity contribution in [2.75, 3.05) is 0 Å². The average molecular weight is 226 g/mol. The predicted octanol–water partition coefficient (Wildman–Crippen LogP) is 3.56. The van der Waals surface area contributed by atoms with Crippen molar-refractivity contribution in [1.82, 2.24) is 0 Å². The van der Waals surface area contributed by atoms with Crippen molar-refractivity contribution in [3.63, 3.8) is 0 Å². The van der Waals surface area contributed by atoms with Gasteiger partial charge in [-0.25, -0.2) is 0 Å². The maximum Gasteiger partial charge on any atom is 0.0781 e. The molecule has 0 N–H and O–H groups in total. The van der Waals surface area contributed by atoms with E-state index in [1.54, 1.807) is 0 Å².